The van der Waals surface area contributed by atoms with E-state index in [2.05, 4.69) is 26.1 Å². The Bertz CT molecular complexity index is 1000. The second-order valence-electron chi connectivity index (χ2n) is 8.64. The van der Waals surface area contributed by atoms with Crippen LogP contribution in [0.4, 0.5) is 4.79 Å². The molecule has 3 rings (SSSR count). The Hall–Kier alpha value is -3.69. The molecule has 10 heteroatoms. The molecular formula is C24H31N5O5. The van der Waals surface area contributed by atoms with Crippen LogP contribution >= 0.6 is 0 Å². The quantitative estimate of drug-likeness (QED) is 0.471. The van der Waals surface area contributed by atoms with Gasteiger partial charge in [0.15, 0.2) is 0 Å². The highest BCUT2D eigenvalue weighted by molar-refractivity contribution is 6.38. The summed E-state index contributed by atoms with van der Waals surface area (Å²) in [5.74, 6) is -2.28. The molecule has 34 heavy (non-hydrogen) atoms. The summed E-state index contributed by atoms with van der Waals surface area (Å²) in [6.45, 7) is 3.88. The molecule has 3 amide bonds. The molecule has 0 saturated heterocycles. The van der Waals surface area contributed by atoms with Crippen LogP contribution in [0.1, 0.15) is 43.6 Å². The van der Waals surface area contributed by atoms with Crippen LogP contribution in [0.3, 0.4) is 0 Å². The number of hydrogen-bond donors (Lipinski definition) is 4. The van der Waals surface area contributed by atoms with Crippen molar-refractivity contribution in [1.29, 1.82) is 0 Å². The fourth-order valence-corrected chi connectivity index (χ4v) is 3.67. The maximum Gasteiger partial charge on any atom is 0.408 e. The van der Waals surface area contributed by atoms with E-state index in [1.165, 1.54) is 0 Å². The van der Waals surface area contributed by atoms with E-state index in [4.69, 9.17) is 4.74 Å². The predicted molar refractivity (Wildman–Crippen MR) is 124 cm³/mol. The van der Waals surface area contributed by atoms with Crippen molar-refractivity contribution in [2.24, 2.45) is 5.92 Å². The van der Waals surface area contributed by atoms with Gasteiger partial charge in [-0.05, 0) is 36.8 Å². The lowest BCUT2D eigenvalue weighted by atomic mass is 10.00. The second kappa shape index (κ2) is 12.0. The first-order valence-electron chi connectivity index (χ1n) is 11.5. The molecule has 1 aromatic heterocycles. The highest BCUT2D eigenvalue weighted by Crippen LogP contribution is 2.11. The zero-order valence-corrected chi connectivity index (χ0v) is 19.4. The molecule has 1 aliphatic heterocycles. The average Bonchev–Trinajstić information content (AvgIpc) is 3.27. The third-order valence-electron chi connectivity index (χ3n) is 5.58. The van der Waals surface area contributed by atoms with Gasteiger partial charge in [-0.3, -0.25) is 19.5 Å². The minimum atomic E-state index is -1.01. The molecule has 2 bridgehead atoms. The zero-order chi connectivity index (χ0) is 24.5. The van der Waals surface area contributed by atoms with Gasteiger partial charge in [-0.1, -0.05) is 44.2 Å². The van der Waals surface area contributed by atoms with Crippen LogP contribution in [0, 0.1) is 5.92 Å². The fourth-order valence-electron chi connectivity index (χ4n) is 3.67. The fraction of sp³-hybridized carbons (Fsp3) is 0.458. The minimum Gasteiger partial charge on any atom is -0.445 e. The Kier molecular flexibility index (Phi) is 8.78. The van der Waals surface area contributed by atoms with Gasteiger partial charge in [-0.15, -0.1) is 0 Å². The van der Waals surface area contributed by atoms with E-state index in [1.54, 1.807) is 13.8 Å². The summed E-state index contributed by atoms with van der Waals surface area (Å²) in [4.78, 5) is 50.4. The number of aryl methyl sites for hydroxylation is 1. The van der Waals surface area contributed by atoms with Crippen molar-refractivity contribution in [2.45, 2.75) is 58.2 Å². The number of nitrogens with one attached hydrogen (secondary N) is 4. The van der Waals surface area contributed by atoms with Crippen LogP contribution in [0.25, 0.3) is 0 Å². The minimum absolute atomic E-state index is 0.0648. The van der Waals surface area contributed by atoms with Crippen molar-refractivity contribution in [3.63, 3.8) is 0 Å². The van der Waals surface area contributed by atoms with E-state index in [-0.39, 0.29) is 25.5 Å². The molecule has 0 saturated carbocycles. The number of aromatic amines is 1. The third-order valence-corrected chi connectivity index (χ3v) is 5.58. The molecule has 1 aromatic carbocycles. The maximum atomic E-state index is 13.0. The number of carbonyl (C=O) groups excluding carboxylic acids is 4. The number of benzene rings is 1. The summed E-state index contributed by atoms with van der Waals surface area (Å²) >= 11 is 0. The largest absolute Gasteiger partial charge is 0.445 e. The van der Waals surface area contributed by atoms with Crippen LogP contribution in [-0.4, -0.2) is 52.5 Å². The van der Waals surface area contributed by atoms with Crippen LogP contribution in [0.2, 0.25) is 0 Å². The van der Waals surface area contributed by atoms with E-state index in [0.717, 1.165) is 17.0 Å². The van der Waals surface area contributed by atoms with Crippen LogP contribution in [0.5, 0.6) is 0 Å². The molecule has 1 aliphatic rings. The first-order chi connectivity index (χ1) is 16.3. The number of hydrogen-bond acceptors (Lipinski definition) is 6. The Morgan fingerprint density at radius 2 is 1.94 bits per heavy atom. The highest BCUT2D eigenvalue weighted by atomic mass is 16.5. The van der Waals surface area contributed by atoms with Gasteiger partial charge in [0.1, 0.15) is 12.6 Å². The number of alkyl carbamates (subject to hydrolysis) is 1. The second-order valence-corrected chi connectivity index (χ2v) is 8.64. The summed E-state index contributed by atoms with van der Waals surface area (Å²) in [5, 5.41) is 15.0. The van der Waals surface area contributed by atoms with Gasteiger partial charge >= 0.3 is 6.09 Å². The zero-order valence-electron chi connectivity index (χ0n) is 19.4. The molecule has 182 valence electrons. The third kappa shape index (κ3) is 7.16. The number of nitrogens with zero attached hydrogens (tertiary/aromatic N) is 1. The summed E-state index contributed by atoms with van der Waals surface area (Å²) in [7, 11) is 0. The molecule has 2 unspecified atom stereocenters. The van der Waals surface area contributed by atoms with Crippen molar-refractivity contribution in [3.8, 4) is 0 Å². The van der Waals surface area contributed by atoms with Gasteiger partial charge in [0, 0.05) is 18.7 Å². The molecule has 2 heterocycles. The van der Waals surface area contributed by atoms with E-state index in [9.17, 15) is 19.2 Å². The van der Waals surface area contributed by atoms with E-state index < -0.39 is 35.8 Å². The van der Waals surface area contributed by atoms with Gasteiger partial charge in [0.05, 0.1) is 11.7 Å². The monoisotopic (exact) mass is 469 g/mol. The molecular weight excluding hydrogens is 438 g/mol. The number of Topliss-reactive ketones (excluding diaryl/α,β-unsaturated/α-hetero) is 1. The summed E-state index contributed by atoms with van der Waals surface area (Å²) in [6, 6.07) is 9.17. The van der Waals surface area contributed by atoms with E-state index in [0.29, 0.717) is 19.3 Å². The maximum absolute atomic E-state index is 13.0. The predicted octanol–water partition coefficient (Wildman–Crippen LogP) is 1.41. The van der Waals surface area contributed by atoms with Crippen molar-refractivity contribution < 1.29 is 23.9 Å². The number of amides is 3. The molecule has 2 aromatic rings. The van der Waals surface area contributed by atoms with Crippen molar-refractivity contribution in [1.82, 2.24) is 26.1 Å². The number of carbonyl (C=O) groups is 4. The molecule has 10 nitrogen and oxygen atoms in total. The van der Waals surface area contributed by atoms with Gasteiger partial charge < -0.3 is 20.7 Å². The Labute approximate surface area is 198 Å². The Morgan fingerprint density at radius 3 is 2.68 bits per heavy atom. The standard InChI is InChI=1S/C24H31N5O5/c1-15(2)20(27-24(33)34-14-16-7-4-3-5-8-16)22(31)26-19-10-6-9-17-13-18(29-28-17)11-12-25-23(32)21(19)30/h3-5,7-8,13,15,19-20H,6,9-12,14H2,1-2H3,(H,25,32)(H,26,31)(H,27,33)(H,28,29). The number of ether oxygens (including phenoxy) is 1. The topological polar surface area (TPSA) is 142 Å². The Balaban J connectivity index is 1.62. The van der Waals surface area contributed by atoms with E-state index in [1.807, 2.05) is 36.4 Å². The molecule has 0 fully saturated rings. The van der Waals surface area contributed by atoms with Crippen LogP contribution in [0.15, 0.2) is 36.4 Å². The number of fused-ring (bicyclic) bond motifs is 2. The first-order valence-corrected chi connectivity index (χ1v) is 11.5. The summed E-state index contributed by atoms with van der Waals surface area (Å²) in [6.07, 6.45) is 1.20. The summed E-state index contributed by atoms with van der Waals surface area (Å²) < 4.78 is 5.22. The van der Waals surface area contributed by atoms with Crippen LogP contribution in [-0.2, 0) is 38.6 Å². The molecule has 2 atom stereocenters. The first kappa shape index (κ1) is 24.9. The SMILES string of the molecule is CC(C)C(NC(=O)OCc1ccccc1)C(=O)NC1CCCc2cc([nH]n2)CCNC(=O)C1=O. The number of H-pyrrole nitrogens is 1. The van der Waals surface area contributed by atoms with Gasteiger partial charge in [0.25, 0.3) is 5.91 Å². The lowest BCUT2D eigenvalue weighted by Gasteiger charge is -2.24. The van der Waals surface area contributed by atoms with E-state index >= 15 is 0 Å². The van der Waals surface area contributed by atoms with Gasteiger partial charge in [-0.25, -0.2) is 4.79 Å². The molecule has 0 aliphatic carbocycles. The normalized spacial score (nSPS) is 17.7. The van der Waals surface area contributed by atoms with Crippen molar-refractivity contribution >= 4 is 23.7 Å². The highest BCUT2D eigenvalue weighted by Gasteiger charge is 2.31. The van der Waals surface area contributed by atoms with Crippen LogP contribution < -0.4 is 16.0 Å². The lowest BCUT2D eigenvalue weighted by Crippen LogP contribution is -2.55. The number of rotatable bonds is 6. The Morgan fingerprint density at radius 1 is 1.18 bits per heavy atom. The van der Waals surface area contributed by atoms with Crippen molar-refractivity contribution in [3.05, 3.63) is 53.3 Å². The smallest absolute Gasteiger partial charge is 0.408 e. The molecule has 4 N–H and O–H groups in total. The molecule has 0 spiro atoms. The van der Waals surface area contributed by atoms with Gasteiger partial charge in [0.2, 0.25) is 11.7 Å². The number of ketones is 1. The lowest BCUT2D eigenvalue weighted by molar-refractivity contribution is -0.140. The number of aromatic nitrogens is 2. The molecule has 0 radical (unpaired) electrons. The van der Waals surface area contributed by atoms with Crippen molar-refractivity contribution in [2.75, 3.05) is 6.54 Å². The average molecular weight is 470 g/mol. The van der Waals surface area contributed by atoms with Gasteiger partial charge in [-0.2, -0.15) is 5.10 Å². The summed E-state index contributed by atoms with van der Waals surface area (Å²) in [5.41, 5.74) is 2.57.